The average molecular weight is 266 g/mol. The van der Waals surface area contributed by atoms with Crippen LogP contribution in [0.25, 0.3) is 0 Å². The molecule has 1 spiro atoms. The Hall–Kier alpha value is -1.43. The maximum absolute atomic E-state index is 12.1. The monoisotopic (exact) mass is 266 g/mol. The second kappa shape index (κ2) is 4.59. The van der Waals surface area contributed by atoms with Gasteiger partial charge in [-0.15, -0.1) is 0 Å². The van der Waals surface area contributed by atoms with Gasteiger partial charge in [-0.1, -0.05) is 12.8 Å². The number of rotatable bonds is 4. The van der Waals surface area contributed by atoms with E-state index in [9.17, 15) is 14.4 Å². The van der Waals surface area contributed by atoms with Gasteiger partial charge >= 0.3 is 6.03 Å². The van der Waals surface area contributed by atoms with E-state index >= 15 is 0 Å². The highest BCUT2D eigenvalue weighted by Gasteiger charge is 2.62. The number of nitrogens with one attached hydrogen (secondary N) is 1. The first-order valence-corrected chi connectivity index (χ1v) is 6.92. The number of carbonyl (C=O) groups excluding carboxylic acids is 3. The molecule has 4 amide bonds. The van der Waals surface area contributed by atoms with Gasteiger partial charge in [0.25, 0.3) is 0 Å². The predicted molar refractivity (Wildman–Crippen MR) is 65.1 cm³/mol. The molecule has 0 bridgehead atoms. The van der Waals surface area contributed by atoms with Crippen molar-refractivity contribution in [3.63, 3.8) is 0 Å². The predicted octanol–water partition coefficient (Wildman–Crippen LogP) is 0.804. The fraction of sp³-hybridized carbons (Fsp3) is 0.769. The maximum Gasteiger partial charge on any atom is 0.330 e. The van der Waals surface area contributed by atoms with Crippen molar-refractivity contribution in [2.24, 2.45) is 5.41 Å². The van der Waals surface area contributed by atoms with E-state index in [-0.39, 0.29) is 18.6 Å². The molecule has 1 N–H and O–H groups in total. The summed E-state index contributed by atoms with van der Waals surface area (Å²) >= 11 is 0. The van der Waals surface area contributed by atoms with Crippen LogP contribution < -0.4 is 5.32 Å². The van der Waals surface area contributed by atoms with Crippen molar-refractivity contribution in [3.8, 4) is 0 Å². The smallest absolute Gasteiger partial charge is 0.330 e. The molecule has 0 radical (unpaired) electrons. The van der Waals surface area contributed by atoms with Crippen LogP contribution in [0.1, 0.15) is 38.5 Å². The van der Waals surface area contributed by atoms with E-state index < -0.39 is 17.4 Å². The Bertz CT molecular complexity index is 424. The van der Waals surface area contributed by atoms with Crippen molar-refractivity contribution in [1.82, 2.24) is 10.2 Å². The van der Waals surface area contributed by atoms with E-state index in [1.165, 1.54) is 12.8 Å². The number of imide groups is 2. The summed E-state index contributed by atoms with van der Waals surface area (Å²) in [7, 11) is 0. The minimum atomic E-state index is -0.943. The summed E-state index contributed by atoms with van der Waals surface area (Å²) in [4.78, 5) is 36.6. The Balaban J connectivity index is 1.55. The zero-order chi connectivity index (χ0) is 13.5. The summed E-state index contributed by atoms with van der Waals surface area (Å²) in [6.07, 6.45) is 5.84. The molecule has 104 valence electrons. The van der Waals surface area contributed by atoms with Crippen LogP contribution in [-0.4, -0.2) is 42.0 Å². The van der Waals surface area contributed by atoms with Crippen LogP contribution >= 0.6 is 0 Å². The zero-order valence-electron chi connectivity index (χ0n) is 10.8. The first-order chi connectivity index (χ1) is 9.13. The lowest BCUT2D eigenvalue weighted by Gasteiger charge is -2.30. The van der Waals surface area contributed by atoms with E-state index in [4.69, 9.17) is 4.74 Å². The molecule has 6 heteroatoms. The molecular weight excluding hydrogens is 248 g/mol. The first-order valence-electron chi connectivity index (χ1n) is 6.92. The summed E-state index contributed by atoms with van der Waals surface area (Å²) in [5, 5.41) is 2.26. The Morgan fingerprint density at radius 1 is 1.21 bits per heavy atom. The molecule has 3 fully saturated rings. The van der Waals surface area contributed by atoms with E-state index in [2.05, 4.69) is 5.32 Å². The van der Waals surface area contributed by atoms with Gasteiger partial charge in [-0.25, -0.2) is 4.79 Å². The highest BCUT2D eigenvalue weighted by atomic mass is 16.5. The maximum atomic E-state index is 12.1. The Kier molecular flexibility index (Phi) is 3.05. The lowest BCUT2D eigenvalue weighted by atomic mass is 10.0. The van der Waals surface area contributed by atoms with Crippen molar-refractivity contribution >= 4 is 17.8 Å². The average Bonchev–Trinajstić information content (AvgIpc) is 3.03. The van der Waals surface area contributed by atoms with E-state index in [1.807, 2.05) is 0 Å². The zero-order valence-corrected chi connectivity index (χ0v) is 10.8. The molecule has 2 saturated carbocycles. The van der Waals surface area contributed by atoms with Crippen molar-refractivity contribution in [3.05, 3.63) is 0 Å². The number of hydrogen-bond donors (Lipinski definition) is 1. The molecule has 0 aromatic heterocycles. The second-order valence-electron chi connectivity index (χ2n) is 5.58. The minimum absolute atomic E-state index is 0.232. The summed E-state index contributed by atoms with van der Waals surface area (Å²) in [5.74, 6) is -0.785. The molecule has 1 saturated heterocycles. The van der Waals surface area contributed by atoms with Crippen LogP contribution in [0.4, 0.5) is 4.79 Å². The molecular formula is C13H18N2O4. The quantitative estimate of drug-likeness (QED) is 0.764. The fourth-order valence-electron chi connectivity index (χ4n) is 2.87. The van der Waals surface area contributed by atoms with E-state index in [0.29, 0.717) is 19.4 Å². The van der Waals surface area contributed by atoms with Gasteiger partial charge < -0.3 is 4.74 Å². The third-order valence-electron chi connectivity index (χ3n) is 4.28. The van der Waals surface area contributed by atoms with Gasteiger partial charge in [-0.05, 0) is 25.7 Å². The summed E-state index contributed by atoms with van der Waals surface area (Å²) < 4.78 is 5.66. The highest BCUT2D eigenvalue weighted by molar-refractivity contribution is 6.20. The standard InChI is InChI=1S/C13H18N2O4/c16-10-13(5-6-13)11(17)15(12(18)14-10)7-8-19-9-3-1-2-4-9/h9H,1-8H2,(H,14,16,18). The number of hydrogen-bond acceptors (Lipinski definition) is 4. The number of urea groups is 1. The van der Waals surface area contributed by atoms with Crippen LogP contribution in [0, 0.1) is 5.41 Å². The number of barbiturate groups is 1. The van der Waals surface area contributed by atoms with Crippen molar-refractivity contribution in [2.45, 2.75) is 44.6 Å². The van der Waals surface area contributed by atoms with Crippen molar-refractivity contribution in [1.29, 1.82) is 0 Å². The molecule has 0 aromatic rings. The molecule has 19 heavy (non-hydrogen) atoms. The molecule has 1 aliphatic heterocycles. The highest BCUT2D eigenvalue weighted by Crippen LogP contribution is 2.48. The van der Waals surface area contributed by atoms with Crippen LogP contribution in [0.5, 0.6) is 0 Å². The van der Waals surface area contributed by atoms with Crippen LogP contribution in [0.3, 0.4) is 0 Å². The normalized spacial score (nSPS) is 26.1. The molecule has 1 heterocycles. The van der Waals surface area contributed by atoms with Gasteiger partial charge in [-0.2, -0.15) is 0 Å². The first kappa shape index (κ1) is 12.6. The second-order valence-corrected chi connectivity index (χ2v) is 5.58. The summed E-state index contributed by atoms with van der Waals surface area (Å²) in [5.41, 5.74) is -0.943. The van der Waals surface area contributed by atoms with E-state index in [1.54, 1.807) is 0 Å². The Labute approximate surface area is 111 Å². The number of ether oxygens (including phenoxy) is 1. The van der Waals surface area contributed by atoms with Crippen LogP contribution in [0.2, 0.25) is 0 Å². The van der Waals surface area contributed by atoms with Crippen LogP contribution in [0.15, 0.2) is 0 Å². The lowest BCUT2D eigenvalue weighted by Crippen LogP contribution is -2.59. The van der Waals surface area contributed by atoms with Crippen molar-refractivity contribution < 1.29 is 19.1 Å². The largest absolute Gasteiger partial charge is 0.376 e. The molecule has 2 aliphatic carbocycles. The van der Waals surface area contributed by atoms with Gasteiger partial charge in [0.15, 0.2) is 0 Å². The van der Waals surface area contributed by atoms with Gasteiger partial charge in [0.1, 0.15) is 5.41 Å². The number of amides is 4. The lowest BCUT2D eigenvalue weighted by molar-refractivity contribution is -0.145. The third-order valence-corrected chi connectivity index (χ3v) is 4.28. The molecule has 3 aliphatic rings. The van der Waals surface area contributed by atoms with E-state index in [0.717, 1.165) is 17.7 Å². The molecule has 0 atom stereocenters. The van der Waals surface area contributed by atoms with Crippen LogP contribution in [-0.2, 0) is 14.3 Å². The molecule has 3 rings (SSSR count). The molecule has 0 unspecified atom stereocenters. The molecule has 6 nitrogen and oxygen atoms in total. The van der Waals surface area contributed by atoms with Crippen molar-refractivity contribution in [2.75, 3.05) is 13.2 Å². The molecule has 0 aromatic carbocycles. The van der Waals surface area contributed by atoms with Gasteiger partial charge in [0.2, 0.25) is 11.8 Å². The van der Waals surface area contributed by atoms with Gasteiger partial charge in [0, 0.05) is 0 Å². The minimum Gasteiger partial charge on any atom is -0.376 e. The number of nitrogens with zero attached hydrogens (tertiary/aromatic N) is 1. The summed E-state index contributed by atoms with van der Waals surface area (Å²) in [6, 6.07) is -0.609. The third kappa shape index (κ3) is 2.14. The fourth-order valence-corrected chi connectivity index (χ4v) is 2.87. The Morgan fingerprint density at radius 2 is 1.89 bits per heavy atom. The Morgan fingerprint density at radius 3 is 2.53 bits per heavy atom. The SMILES string of the molecule is O=C1NC(=O)C2(CC2)C(=O)N1CCOC1CCCC1. The van der Waals surface area contributed by atoms with Gasteiger partial charge in [-0.3, -0.25) is 19.8 Å². The van der Waals surface area contributed by atoms with Gasteiger partial charge in [0.05, 0.1) is 19.3 Å². The topological polar surface area (TPSA) is 75.7 Å². The summed E-state index contributed by atoms with van der Waals surface area (Å²) in [6.45, 7) is 0.588. The number of carbonyl (C=O) groups is 3.